The van der Waals surface area contributed by atoms with Crippen molar-refractivity contribution in [1.29, 1.82) is 0 Å². The Morgan fingerprint density at radius 2 is 1.74 bits per heavy atom. The minimum atomic E-state index is -4.51. The van der Waals surface area contributed by atoms with Gasteiger partial charge in [0, 0.05) is 32.6 Å². The van der Waals surface area contributed by atoms with E-state index in [-0.39, 0.29) is 29.3 Å². The molecule has 1 saturated carbocycles. The fraction of sp³-hybridized carbons (Fsp3) is 0.611. The van der Waals surface area contributed by atoms with E-state index in [1.807, 2.05) is 4.90 Å². The molecule has 27 heavy (non-hydrogen) atoms. The predicted octanol–water partition coefficient (Wildman–Crippen LogP) is 3.12. The molecule has 1 aliphatic heterocycles. The quantitative estimate of drug-likeness (QED) is 0.758. The lowest BCUT2D eigenvalue weighted by molar-refractivity contribution is -0.137. The van der Waals surface area contributed by atoms with Gasteiger partial charge in [0.05, 0.1) is 10.5 Å². The summed E-state index contributed by atoms with van der Waals surface area (Å²) >= 11 is 0. The highest BCUT2D eigenvalue weighted by atomic mass is 32.2. The number of alkyl halides is 3. The number of halogens is 3. The van der Waals surface area contributed by atoms with E-state index in [0.717, 1.165) is 54.3 Å². The summed E-state index contributed by atoms with van der Waals surface area (Å²) in [6.45, 7) is 0.703. The van der Waals surface area contributed by atoms with Crippen molar-refractivity contribution < 1.29 is 26.4 Å². The Labute approximate surface area is 157 Å². The van der Waals surface area contributed by atoms with Crippen molar-refractivity contribution in [3.05, 3.63) is 29.8 Å². The molecule has 0 radical (unpaired) electrons. The number of hydrogen-bond donors (Lipinski definition) is 0. The van der Waals surface area contributed by atoms with E-state index in [1.54, 1.807) is 0 Å². The monoisotopic (exact) mass is 404 g/mol. The molecule has 9 heteroatoms. The summed E-state index contributed by atoms with van der Waals surface area (Å²) in [5.41, 5.74) is -0.891. The lowest BCUT2D eigenvalue weighted by atomic mass is 10.1. The molecule has 5 nitrogen and oxygen atoms in total. The number of sulfonamides is 1. The minimum Gasteiger partial charge on any atom is -0.339 e. The summed E-state index contributed by atoms with van der Waals surface area (Å²) in [7, 11) is -2.51. The number of hydrogen-bond acceptors (Lipinski definition) is 3. The lowest BCUT2D eigenvalue weighted by Gasteiger charge is -2.25. The van der Waals surface area contributed by atoms with Crippen LogP contribution in [0.1, 0.15) is 37.7 Å². The standard InChI is InChI=1S/C18H23F3N2O3S/c1-22(11-13-10-17(24)23(12-13)15-4-2-3-5-15)27(25,26)16-8-6-14(7-9-16)18(19,20)21/h6-9,13,15H,2-5,10-12H2,1H3. The van der Waals surface area contributed by atoms with E-state index >= 15 is 0 Å². The van der Waals surface area contributed by atoms with Gasteiger partial charge in [0.1, 0.15) is 0 Å². The first-order valence-corrected chi connectivity index (χ1v) is 10.5. The minimum absolute atomic E-state index is 0.0622. The zero-order valence-electron chi connectivity index (χ0n) is 15.1. The molecular weight excluding hydrogens is 381 g/mol. The van der Waals surface area contributed by atoms with Crippen LogP contribution in [-0.2, 0) is 21.0 Å². The summed E-state index contributed by atoms with van der Waals surface area (Å²) in [5.74, 6) is -0.0421. The number of rotatable bonds is 5. The molecule has 0 spiro atoms. The van der Waals surface area contributed by atoms with Gasteiger partial charge in [-0.15, -0.1) is 0 Å². The van der Waals surface area contributed by atoms with Gasteiger partial charge in [-0.2, -0.15) is 13.2 Å². The largest absolute Gasteiger partial charge is 0.416 e. The van der Waals surface area contributed by atoms with Gasteiger partial charge in [0.15, 0.2) is 0 Å². The Morgan fingerprint density at radius 3 is 2.30 bits per heavy atom. The summed E-state index contributed by atoms with van der Waals surface area (Å²) in [4.78, 5) is 13.9. The van der Waals surface area contributed by atoms with Crippen molar-refractivity contribution in [2.24, 2.45) is 5.92 Å². The molecule has 0 N–H and O–H groups in total. The first kappa shape index (κ1) is 20.1. The van der Waals surface area contributed by atoms with Gasteiger partial charge in [-0.25, -0.2) is 12.7 Å². The molecule has 150 valence electrons. The van der Waals surface area contributed by atoms with Crippen LogP contribution in [0.5, 0.6) is 0 Å². The predicted molar refractivity (Wildman–Crippen MR) is 93.3 cm³/mol. The Morgan fingerprint density at radius 1 is 1.15 bits per heavy atom. The molecule has 1 saturated heterocycles. The second kappa shape index (κ2) is 7.43. The van der Waals surface area contributed by atoms with Crippen molar-refractivity contribution in [2.75, 3.05) is 20.1 Å². The maximum Gasteiger partial charge on any atom is 0.416 e. The Balaban J connectivity index is 1.66. The highest BCUT2D eigenvalue weighted by Crippen LogP contribution is 2.32. The average Bonchev–Trinajstić information content (AvgIpc) is 3.23. The van der Waals surface area contributed by atoms with E-state index < -0.39 is 21.8 Å². The van der Waals surface area contributed by atoms with Crippen molar-refractivity contribution in [3.8, 4) is 0 Å². The van der Waals surface area contributed by atoms with Crippen LogP contribution in [0.25, 0.3) is 0 Å². The van der Waals surface area contributed by atoms with Gasteiger partial charge in [0.25, 0.3) is 0 Å². The van der Waals surface area contributed by atoms with E-state index in [2.05, 4.69) is 0 Å². The molecule has 1 aromatic carbocycles. The molecule has 1 unspecified atom stereocenters. The number of carbonyl (C=O) groups is 1. The lowest BCUT2D eigenvalue weighted by Crippen LogP contribution is -2.36. The van der Waals surface area contributed by atoms with Crippen LogP contribution in [0.2, 0.25) is 0 Å². The average molecular weight is 404 g/mol. The smallest absolute Gasteiger partial charge is 0.339 e. The topological polar surface area (TPSA) is 57.7 Å². The van der Waals surface area contributed by atoms with Gasteiger partial charge in [-0.3, -0.25) is 4.79 Å². The van der Waals surface area contributed by atoms with E-state index in [4.69, 9.17) is 0 Å². The van der Waals surface area contributed by atoms with Crippen LogP contribution < -0.4 is 0 Å². The Hall–Kier alpha value is -1.61. The van der Waals surface area contributed by atoms with Crippen molar-refractivity contribution in [3.63, 3.8) is 0 Å². The number of nitrogens with zero attached hydrogens (tertiary/aromatic N) is 2. The fourth-order valence-corrected chi connectivity index (χ4v) is 5.20. The molecular formula is C18H23F3N2O3S. The normalized spacial score (nSPS) is 22.2. The third-order valence-electron chi connectivity index (χ3n) is 5.41. The molecule has 0 bridgehead atoms. The third kappa shape index (κ3) is 4.29. The number of benzene rings is 1. The van der Waals surface area contributed by atoms with E-state index in [1.165, 1.54) is 7.05 Å². The van der Waals surface area contributed by atoms with Crippen LogP contribution in [0, 0.1) is 5.92 Å². The molecule has 2 fully saturated rings. The zero-order chi connectivity index (χ0) is 19.8. The molecule has 0 aromatic heterocycles. The highest BCUT2D eigenvalue weighted by molar-refractivity contribution is 7.89. The number of likely N-dealkylation sites (tertiary alicyclic amines) is 1. The van der Waals surface area contributed by atoms with Gasteiger partial charge in [-0.1, -0.05) is 12.8 Å². The summed E-state index contributed by atoms with van der Waals surface area (Å²) in [5, 5.41) is 0. The van der Waals surface area contributed by atoms with Crippen molar-refractivity contribution in [1.82, 2.24) is 9.21 Å². The van der Waals surface area contributed by atoms with Crippen molar-refractivity contribution >= 4 is 15.9 Å². The molecule has 3 rings (SSSR count). The second-order valence-electron chi connectivity index (χ2n) is 7.36. The number of amides is 1. The van der Waals surface area contributed by atoms with Gasteiger partial charge in [-0.05, 0) is 43.0 Å². The first-order valence-electron chi connectivity index (χ1n) is 9.02. The summed E-state index contributed by atoms with van der Waals surface area (Å²) in [6.07, 6.45) is 0.0183. The summed E-state index contributed by atoms with van der Waals surface area (Å²) < 4.78 is 64.4. The molecule has 1 atom stereocenters. The Kier molecular flexibility index (Phi) is 5.54. The maximum absolute atomic E-state index is 12.7. The van der Waals surface area contributed by atoms with Crippen molar-refractivity contribution in [2.45, 2.75) is 49.2 Å². The molecule has 2 aliphatic rings. The highest BCUT2D eigenvalue weighted by Gasteiger charge is 2.37. The SMILES string of the molecule is CN(CC1CC(=O)N(C2CCCC2)C1)S(=O)(=O)c1ccc(C(F)(F)F)cc1. The molecule has 1 aromatic rings. The van der Waals surface area contributed by atoms with Crippen LogP contribution in [-0.4, -0.2) is 49.7 Å². The van der Waals surface area contributed by atoms with Crippen LogP contribution in [0.4, 0.5) is 13.2 Å². The van der Waals surface area contributed by atoms with Gasteiger partial charge < -0.3 is 4.90 Å². The maximum atomic E-state index is 12.7. The zero-order valence-corrected chi connectivity index (χ0v) is 15.9. The number of carbonyl (C=O) groups excluding carboxylic acids is 1. The Bertz CT molecular complexity index is 787. The van der Waals surface area contributed by atoms with Gasteiger partial charge in [0.2, 0.25) is 15.9 Å². The first-order chi connectivity index (χ1) is 12.6. The molecule has 1 amide bonds. The summed E-state index contributed by atoms with van der Waals surface area (Å²) in [6, 6.07) is 3.74. The van der Waals surface area contributed by atoms with Crippen LogP contribution >= 0.6 is 0 Å². The molecule has 1 heterocycles. The van der Waals surface area contributed by atoms with Crippen LogP contribution in [0.3, 0.4) is 0 Å². The van der Waals surface area contributed by atoms with Gasteiger partial charge >= 0.3 is 6.18 Å². The van der Waals surface area contributed by atoms with E-state index in [9.17, 15) is 26.4 Å². The second-order valence-corrected chi connectivity index (χ2v) is 9.41. The third-order valence-corrected chi connectivity index (χ3v) is 7.25. The van der Waals surface area contributed by atoms with Crippen LogP contribution in [0.15, 0.2) is 29.2 Å². The molecule has 1 aliphatic carbocycles. The fourth-order valence-electron chi connectivity index (χ4n) is 3.96. The van der Waals surface area contributed by atoms with E-state index in [0.29, 0.717) is 13.0 Å².